The number of amides is 1. The second-order valence-corrected chi connectivity index (χ2v) is 9.07. The van der Waals surface area contributed by atoms with Crippen LogP contribution in [0.4, 0.5) is 15.8 Å². The highest BCUT2D eigenvalue weighted by molar-refractivity contribution is 7.92. The molecule has 2 N–H and O–H groups in total. The predicted octanol–water partition coefficient (Wildman–Crippen LogP) is 5.04. The molecule has 168 valence electrons. The topological polar surface area (TPSA) is 84.5 Å². The number of rotatable bonds is 8. The number of para-hydroxylation sites is 1. The zero-order valence-electron chi connectivity index (χ0n) is 18.1. The molecule has 0 fully saturated rings. The minimum absolute atomic E-state index is 0.00606. The van der Waals surface area contributed by atoms with Crippen molar-refractivity contribution >= 4 is 27.3 Å². The van der Waals surface area contributed by atoms with E-state index in [1.165, 1.54) is 42.5 Å². The van der Waals surface area contributed by atoms with Gasteiger partial charge in [-0.2, -0.15) is 0 Å². The Bertz CT molecular complexity index is 1210. The summed E-state index contributed by atoms with van der Waals surface area (Å²) in [7, 11) is -3.79. The number of halogens is 1. The van der Waals surface area contributed by atoms with E-state index in [1.807, 2.05) is 26.0 Å². The Hall–Kier alpha value is -3.39. The summed E-state index contributed by atoms with van der Waals surface area (Å²) >= 11 is 0. The quantitative estimate of drug-likeness (QED) is 0.497. The summed E-state index contributed by atoms with van der Waals surface area (Å²) in [4.78, 5) is 12.6. The number of hydrogen-bond donors (Lipinski definition) is 2. The van der Waals surface area contributed by atoms with Gasteiger partial charge in [-0.05, 0) is 73.9 Å². The second kappa shape index (κ2) is 9.82. The van der Waals surface area contributed by atoms with Gasteiger partial charge < -0.3 is 10.1 Å². The molecule has 0 saturated heterocycles. The first kappa shape index (κ1) is 23.3. The van der Waals surface area contributed by atoms with Crippen LogP contribution in [0.2, 0.25) is 0 Å². The predicted molar refractivity (Wildman–Crippen MR) is 123 cm³/mol. The fourth-order valence-electron chi connectivity index (χ4n) is 3.01. The van der Waals surface area contributed by atoms with Crippen molar-refractivity contribution < 1.29 is 22.3 Å². The van der Waals surface area contributed by atoms with E-state index in [4.69, 9.17) is 4.74 Å². The van der Waals surface area contributed by atoms with E-state index in [-0.39, 0.29) is 10.6 Å². The second-order valence-electron chi connectivity index (χ2n) is 7.38. The lowest BCUT2D eigenvalue weighted by molar-refractivity contribution is -0.122. The van der Waals surface area contributed by atoms with Gasteiger partial charge in [0.25, 0.3) is 15.9 Å². The van der Waals surface area contributed by atoms with Crippen LogP contribution in [0.15, 0.2) is 71.6 Å². The fourth-order valence-corrected chi connectivity index (χ4v) is 4.13. The van der Waals surface area contributed by atoms with E-state index in [0.29, 0.717) is 17.8 Å². The Kier molecular flexibility index (Phi) is 7.15. The Morgan fingerprint density at radius 3 is 2.38 bits per heavy atom. The first-order valence-electron chi connectivity index (χ1n) is 10.1. The number of aryl methyl sites for hydroxylation is 2. The van der Waals surface area contributed by atoms with Gasteiger partial charge in [-0.15, -0.1) is 0 Å². The van der Waals surface area contributed by atoms with Crippen molar-refractivity contribution in [3.05, 3.63) is 83.7 Å². The largest absolute Gasteiger partial charge is 0.478 e. The van der Waals surface area contributed by atoms with Crippen LogP contribution >= 0.6 is 0 Å². The number of nitrogens with one attached hydrogen (secondary N) is 2. The third-order valence-corrected chi connectivity index (χ3v) is 6.22. The lowest BCUT2D eigenvalue weighted by atomic mass is 10.1. The van der Waals surface area contributed by atoms with Crippen molar-refractivity contribution in [2.75, 3.05) is 10.0 Å². The molecule has 0 aliphatic carbocycles. The molecule has 3 aromatic rings. The van der Waals surface area contributed by atoms with E-state index in [2.05, 4.69) is 10.0 Å². The zero-order chi connectivity index (χ0) is 23.3. The Morgan fingerprint density at radius 1 is 1.03 bits per heavy atom. The molecule has 32 heavy (non-hydrogen) atoms. The SMILES string of the molecule is CC[C@@H](Oc1ccccc1F)C(=O)Nc1ccc(S(=O)(=O)Nc2cc(C)ccc2C)cc1. The van der Waals surface area contributed by atoms with E-state index in [1.54, 1.807) is 19.1 Å². The van der Waals surface area contributed by atoms with Gasteiger partial charge in [0.2, 0.25) is 0 Å². The average Bonchev–Trinajstić information content (AvgIpc) is 2.76. The molecule has 0 spiro atoms. The smallest absolute Gasteiger partial charge is 0.265 e. The molecule has 3 aromatic carbocycles. The van der Waals surface area contributed by atoms with Gasteiger partial charge in [0.1, 0.15) is 0 Å². The summed E-state index contributed by atoms with van der Waals surface area (Å²) < 4.78 is 47.4. The van der Waals surface area contributed by atoms with Crippen LogP contribution in [0.3, 0.4) is 0 Å². The molecule has 1 amide bonds. The summed E-state index contributed by atoms with van der Waals surface area (Å²) in [5.41, 5.74) is 2.66. The van der Waals surface area contributed by atoms with Crippen LogP contribution in [0.25, 0.3) is 0 Å². The lowest BCUT2D eigenvalue weighted by Gasteiger charge is -2.18. The first-order chi connectivity index (χ1) is 15.2. The molecule has 8 heteroatoms. The number of hydrogen-bond acceptors (Lipinski definition) is 4. The summed E-state index contributed by atoms with van der Waals surface area (Å²) in [6.45, 7) is 5.46. The summed E-state index contributed by atoms with van der Waals surface area (Å²) in [6, 6.07) is 17.2. The molecule has 3 rings (SSSR count). The minimum atomic E-state index is -3.79. The van der Waals surface area contributed by atoms with Crippen molar-refractivity contribution in [2.24, 2.45) is 0 Å². The van der Waals surface area contributed by atoms with Gasteiger partial charge in [-0.3, -0.25) is 9.52 Å². The average molecular weight is 457 g/mol. The molecule has 0 aliphatic heterocycles. The summed E-state index contributed by atoms with van der Waals surface area (Å²) in [5, 5.41) is 2.68. The molecule has 0 saturated carbocycles. The number of benzene rings is 3. The van der Waals surface area contributed by atoms with Gasteiger partial charge in [0.05, 0.1) is 10.6 Å². The number of anilines is 2. The van der Waals surface area contributed by atoms with E-state index in [0.717, 1.165) is 11.1 Å². The van der Waals surface area contributed by atoms with E-state index < -0.39 is 27.9 Å². The van der Waals surface area contributed by atoms with E-state index in [9.17, 15) is 17.6 Å². The first-order valence-corrected chi connectivity index (χ1v) is 11.6. The molecule has 0 aromatic heterocycles. The van der Waals surface area contributed by atoms with Crippen LogP contribution in [0, 0.1) is 19.7 Å². The molecule has 0 heterocycles. The molecule has 0 bridgehead atoms. The van der Waals surface area contributed by atoms with Crippen LogP contribution in [-0.4, -0.2) is 20.4 Å². The molecule has 6 nitrogen and oxygen atoms in total. The van der Waals surface area contributed by atoms with Crippen LogP contribution in [0.1, 0.15) is 24.5 Å². The third-order valence-electron chi connectivity index (χ3n) is 4.84. The Balaban J connectivity index is 1.70. The maximum Gasteiger partial charge on any atom is 0.265 e. The normalized spacial score (nSPS) is 12.1. The molecule has 0 radical (unpaired) electrons. The number of carbonyl (C=O) groups is 1. The minimum Gasteiger partial charge on any atom is -0.478 e. The maximum atomic E-state index is 13.8. The zero-order valence-corrected chi connectivity index (χ0v) is 18.9. The molecule has 0 aliphatic rings. The van der Waals surface area contributed by atoms with E-state index >= 15 is 0 Å². The standard InChI is InChI=1S/C24H25FN2O4S/c1-4-22(31-23-8-6-5-7-20(23)25)24(28)26-18-11-13-19(14-12-18)32(29,30)27-21-15-16(2)9-10-17(21)3/h5-15,22,27H,4H2,1-3H3,(H,26,28)/t22-/m1/s1. The lowest BCUT2D eigenvalue weighted by Crippen LogP contribution is -2.32. The van der Waals surface area contributed by atoms with Crippen molar-refractivity contribution in [1.82, 2.24) is 0 Å². The van der Waals surface area contributed by atoms with Gasteiger partial charge in [0.15, 0.2) is 17.7 Å². The summed E-state index contributed by atoms with van der Waals surface area (Å²) in [6.07, 6.45) is -0.576. The van der Waals surface area contributed by atoms with Crippen LogP contribution in [-0.2, 0) is 14.8 Å². The van der Waals surface area contributed by atoms with Crippen molar-refractivity contribution in [3.63, 3.8) is 0 Å². The van der Waals surface area contributed by atoms with Crippen molar-refractivity contribution in [1.29, 1.82) is 0 Å². The highest BCUT2D eigenvalue weighted by Gasteiger charge is 2.21. The monoisotopic (exact) mass is 456 g/mol. The van der Waals surface area contributed by atoms with Crippen molar-refractivity contribution in [2.45, 2.75) is 38.2 Å². The highest BCUT2D eigenvalue weighted by atomic mass is 32.2. The van der Waals surface area contributed by atoms with Gasteiger partial charge in [0, 0.05) is 5.69 Å². The van der Waals surface area contributed by atoms with Gasteiger partial charge >= 0.3 is 0 Å². The molecular formula is C24H25FN2O4S. The molecular weight excluding hydrogens is 431 g/mol. The number of ether oxygens (including phenoxy) is 1. The van der Waals surface area contributed by atoms with Crippen molar-refractivity contribution in [3.8, 4) is 5.75 Å². The molecule has 0 unspecified atom stereocenters. The Morgan fingerprint density at radius 2 is 1.72 bits per heavy atom. The van der Waals surface area contributed by atoms with Gasteiger partial charge in [-0.1, -0.05) is 31.2 Å². The number of sulfonamides is 1. The fraction of sp³-hybridized carbons (Fsp3) is 0.208. The summed E-state index contributed by atoms with van der Waals surface area (Å²) in [5.74, 6) is -1.02. The number of carbonyl (C=O) groups excluding carboxylic acids is 1. The maximum absolute atomic E-state index is 13.8. The van der Waals surface area contributed by atoms with Crippen LogP contribution in [0.5, 0.6) is 5.75 Å². The molecule has 1 atom stereocenters. The Labute approximate surface area is 187 Å². The van der Waals surface area contributed by atoms with Gasteiger partial charge in [-0.25, -0.2) is 12.8 Å². The highest BCUT2D eigenvalue weighted by Crippen LogP contribution is 2.23. The van der Waals surface area contributed by atoms with Crippen LogP contribution < -0.4 is 14.8 Å². The third kappa shape index (κ3) is 5.64.